The summed E-state index contributed by atoms with van der Waals surface area (Å²) in [4.78, 5) is 0. The van der Waals surface area contributed by atoms with Gasteiger partial charge in [-0.05, 0) is 31.9 Å². The van der Waals surface area contributed by atoms with Gasteiger partial charge in [-0.15, -0.1) is 0 Å². The van der Waals surface area contributed by atoms with Crippen LogP contribution in [0.2, 0.25) is 0 Å². The van der Waals surface area contributed by atoms with Crippen LogP contribution < -0.4 is 5.32 Å². The molecule has 14 heavy (non-hydrogen) atoms. The SMILES string of the molecule is Cc1cccc([C@H]2CCCCCN2)c1. The molecule has 0 aromatic heterocycles. The van der Waals surface area contributed by atoms with Crippen molar-refractivity contribution in [2.45, 2.75) is 38.6 Å². The summed E-state index contributed by atoms with van der Waals surface area (Å²) in [6.07, 6.45) is 5.38. The van der Waals surface area contributed by atoms with Gasteiger partial charge in [-0.2, -0.15) is 0 Å². The van der Waals surface area contributed by atoms with Crippen LogP contribution in [0.5, 0.6) is 0 Å². The Bertz CT molecular complexity index is 285. The third-order valence-electron chi connectivity index (χ3n) is 3.00. The molecule has 1 aliphatic rings. The average molecular weight is 189 g/mol. The summed E-state index contributed by atoms with van der Waals surface area (Å²) in [7, 11) is 0. The maximum atomic E-state index is 3.63. The molecule has 0 bridgehead atoms. The largest absolute Gasteiger partial charge is 0.310 e. The molecule has 1 fully saturated rings. The lowest BCUT2D eigenvalue weighted by Gasteiger charge is -2.16. The van der Waals surface area contributed by atoms with Crippen LogP contribution in [0.25, 0.3) is 0 Å². The maximum Gasteiger partial charge on any atom is 0.0320 e. The molecular weight excluding hydrogens is 170 g/mol. The molecular formula is C13H19N. The Balaban J connectivity index is 2.12. The molecule has 1 atom stereocenters. The van der Waals surface area contributed by atoms with E-state index in [0.717, 1.165) is 0 Å². The predicted octanol–water partition coefficient (Wildman–Crippen LogP) is 3.20. The van der Waals surface area contributed by atoms with E-state index < -0.39 is 0 Å². The van der Waals surface area contributed by atoms with E-state index in [1.54, 1.807) is 0 Å². The Morgan fingerprint density at radius 2 is 2.14 bits per heavy atom. The molecule has 0 spiro atoms. The van der Waals surface area contributed by atoms with Gasteiger partial charge in [0.15, 0.2) is 0 Å². The third-order valence-corrected chi connectivity index (χ3v) is 3.00. The second-order valence-electron chi connectivity index (χ2n) is 4.27. The zero-order chi connectivity index (χ0) is 9.80. The summed E-state index contributed by atoms with van der Waals surface area (Å²) >= 11 is 0. The van der Waals surface area contributed by atoms with Crippen LogP contribution >= 0.6 is 0 Å². The Kier molecular flexibility index (Phi) is 3.20. The van der Waals surface area contributed by atoms with Crippen LogP contribution in [-0.2, 0) is 0 Å². The highest BCUT2D eigenvalue weighted by Gasteiger charge is 2.12. The minimum Gasteiger partial charge on any atom is -0.310 e. The fourth-order valence-electron chi connectivity index (χ4n) is 2.20. The number of benzene rings is 1. The van der Waals surface area contributed by atoms with Crippen LogP contribution in [0.15, 0.2) is 24.3 Å². The van der Waals surface area contributed by atoms with E-state index in [2.05, 4.69) is 36.5 Å². The van der Waals surface area contributed by atoms with E-state index >= 15 is 0 Å². The molecule has 0 amide bonds. The van der Waals surface area contributed by atoms with Crippen LogP contribution in [0, 0.1) is 6.92 Å². The van der Waals surface area contributed by atoms with Crippen molar-refractivity contribution in [3.8, 4) is 0 Å². The topological polar surface area (TPSA) is 12.0 Å². The molecule has 1 nitrogen and oxygen atoms in total. The van der Waals surface area contributed by atoms with Gasteiger partial charge in [-0.3, -0.25) is 0 Å². The van der Waals surface area contributed by atoms with Gasteiger partial charge < -0.3 is 5.32 Å². The average Bonchev–Trinajstić information content (AvgIpc) is 2.45. The minimum atomic E-state index is 0.595. The van der Waals surface area contributed by atoms with Crippen LogP contribution in [0.4, 0.5) is 0 Å². The first kappa shape index (κ1) is 9.72. The molecule has 0 radical (unpaired) electrons. The van der Waals surface area contributed by atoms with Gasteiger partial charge in [0, 0.05) is 6.04 Å². The van der Waals surface area contributed by atoms with Crippen molar-refractivity contribution in [3.63, 3.8) is 0 Å². The van der Waals surface area contributed by atoms with E-state index in [-0.39, 0.29) is 0 Å². The summed E-state index contributed by atoms with van der Waals surface area (Å²) in [5.74, 6) is 0. The zero-order valence-electron chi connectivity index (χ0n) is 8.92. The van der Waals surface area contributed by atoms with Gasteiger partial charge >= 0.3 is 0 Å². The Morgan fingerprint density at radius 3 is 3.00 bits per heavy atom. The molecule has 1 saturated heterocycles. The molecule has 1 heterocycles. The molecule has 1 aromatic carbocycles. The highest BCUT2D eigenvalue weighted by molar-refractivity contribution is 5.25. The van der Waals surface area contributed by atoms with Crippen molar-refractivity contribution >= 4 is 0 Å². The van der Waals surface area contributed by atoms with Gasteiger partial charge in [0.1, 0.15) is 0 Å². The molecule has 76 valence electrons. The third kappa shape index (κ3) is 2.36. The summed E-state index contributed by atoms with van der Waals surface area (Å²) < 4.78 is 0. The predicted molar refractivity (Wildman–Crippen MR) is 60.4 cm³/mol. The van der Waals surface area contributed by atoms with Gasteiger partial charge in [0.2, 0.25) is 0 Å². The lowest BCUT2D eigenvalue weighted by molar-refractivity contribution is 0.534. The van der Waals surface area contributed by atoms with Crippen molar-refractivity contribution in [3.05, 3.63) is 35.4 Å². The first-order valence-corrected chi connectivity index (χ1v) is 5.66. The lowest BCUT2D eigenvalue weighted by atomic mass is 10.0. The van der Waals surface area contributed by atoms with Crippen molar-refractivity contribution in [2.24, 2.45) is 0 Å². The number of hydrogen-bond acceptors (Lipinski definition) is 1. The van der Waals surface area contributed by atoms with Gasteiger partial charge in [0.05, 0.1) is 0 Å². The van der Waals surface area contributed by atoms with Crippen molar-refractivity contribution in [1.29, 1.82) is 0 Å². The van der Waals surface area contributed by atoms with Crippen molar-refractivity contribution < 1.29 is 0 Å². The monoisotopic (exact) mass is 189 g/mol. The second kappa shape index (κ2) is 4.61. The van der Waals surface area contributed by atoms with Gasteiger partial charge in [-0.25, -0.2) is 0 Å². The smallest absolute Gasteiger partial charge is 0.0320 e. The van der Waals surface area contributed by atoms with E-state index in [9.17, 15) is 0 Å². The molecule has 2 rings (SSSR count). The Morgan fingerprint density at radius 1 is 1.21 bits per heavy atom. The molecule has 1 aromatic rings. The minimum absolute atomic E-state index is 0.595. The highest BCUT2D eigenvalue weighted by atomic mass is 14.9. The zero-order valence-corrected chi connectivity index (χ0v) is 8.92. The van der Waals surface area contributed by atoms with Crippen molar-refractivity contribution in [2.75, 3.05) is 6.54 Å². The Hall–Kier alpha value is -0.820. The summed E-state index contributed by atoms with van der Waals surface area (Å²) in [6.45, 7) is 3.35. The molecule has 0 unspecified atom stereocenters. The quantitative estimate of drug-likeness (QED) is 0.715. The van der Waals surface area contributed by atoms with E-state index in [4.69, 9.17) is 0 Å². The number of rotatable bonds is 1. The number of hydrogen-bond donors (Lipinski definition) is 1. The summed E-state index contributed by atoms with van der Waals surface area (Å²) in [5, 5.41) is 3.63. The Labute approximate surface area is 86.5 Å². The van der Waals surface area contributed by atoms with Crippen LogP contribution in [0.3, 0.4) is 0 Å². The van der Waals surface area contributed by atoms with E-state index in [1.807, 2.05) is 0 Å². The molecule has 0 saturated carbocycles. The first-order chi connectivity index (χ1) is 6.86. The van der Waals surface area contributed by atoms with Crippen LogP contribution in [-0.4, -0.2) is 6.54 Å². The second-order valence-corrected chi connectivity index (χ2v) is 4.27. The molecule has 1 heteroatoms. The number of aryl methyl sites for hydroxylation is 1. The molecule has 0 aliphatic carbocycles. The summed E-state index contributed by atoms with van der Waals surface area (Å²) in [5.41, 5.74) is 2.83. The highest BCUT2D eigenvalue weighted by Crippen LogP contribution is 2.22. The molecule has 1 aliphatic heterocycles. The summed E-state index contributed by atoms with van der Waals surface area (Å²) in [6, 6.07) is 9.48. The number of nitrogens with one attached hydrogen (secondary N) is 1. The van der Waals surface area contributed by atoms with Crippen molar-refractivity contribution in [1.82, 2.24) is 5.32 Å². The fraction of sp³-hybridized carbons (Fsp3) is 0.538. The van der Waals surface area contributed by atoms with Crippen LogP contribution in [0.1, 0.15) is 42.9 Å². The van der Waals surface area contributed by atoms with Gasteiger partial charge in [0.25, 0.3) is 0 Å². The molecule has 1 N–H and O–H groups in total. The first-order valence-electron chi connectivity index (χ1n) is 5.66. The standard InChI is InChI=1S/C13H19N/c1-11-6-5-7-12(10-11)13-8-3-2-4-9-14-13/h5-7,10,13-14H,2-4,8-9H2,1H3/t13-/m1/s1. The normalized spacial score (nSPS) is 23.1. The maximum absolute atomic E-state index is 3.63. The lowest BCUT2D eigenvalue weighted by Crippen LogP contribution is -2.20. The fourth-order valence-corrected chi connectivity index (χ4v) is 2.20. The van der Waals surface area contributed by atoms with E-state index in [0.29, 0.717) is 6.04 Å². The van der Waals surface area contributed by atoms with Gasteiger partial charge in [-0.1, -0.05) is 42.7 Å². The van der Waals surface area contributed by atoms with E-state index in [1.165, 1.54) is 43.4 Å².